The number of aliphatic hydroxyl groups excluding tert-OH is 1. The number of ether oxygens (including phenoxy) is 1. The van der Waals surface area contributed by atoms with E-state index in [2.05, 4.69) is 10.2 Å². The molecule has 0 heterocycles. The summed E-state index contributed by atoms with van der Waals surface area (Å²) >= 11 is 6.32. The Hall–Kier alpha value is -2.33. The van der Waals surface area contributed by atoms with Gasteiger partial charge in [0.15, 0.2) is 0 Å². The number of amides is 2. The summed E-state index contributed by atoms with van der Waals surface area (Å²) in [5, 5.41) is 13.0. The number of methoxy groups -OCH3 is 1. The van der Waals surface area contributed by atoms with Crippen molar-refractivity contribution in [3.05, 3.63) is 64.7 Å². The van der Waals surface area contributed by atoms with E-state index in [9.17, 15) is 23.1 Å². The van der Waals surface area contributed by atoms with Gasteiger partial charge in [-0.05, 0) is 48.7 Å². The highest BCUT2D eigenvalue weighted by Gasteiger charge is 2.30. The van der Waals surface area contributed by atoms with Crippen LogP contribution in [0.5, 0.6) is 0 Å². The molecule has 2 rings (SSSR count). The van der Waals surface area contributed by atoms with Crippen molar-refractivity contribution in [1.82, 2.24) is 9.80 Å². The fraction of sp³-hybridized carbons (Fsp3) is 0.480. The number of carbonyl (C=O) groups is 1. The van der Waals surface area contributed by atoms with Crippen molar-refractivity contribution >= 4 is 23.3 Å². The van der Waals surface area contributed by atoms with Gasteiger partial charge in [0.2, 0.25) is 0 Å². The van der Waals surface area contributed by atoms with E-state index in [1.165, 1.54) is 17.0 Å². The van der Waals surface area contributed by atoms with Gasteiger partial charge >= 0.3 is 12.2 Å². The zero-order valence-electron chi connectivity index (χ0n) is 20.3. The van der Waals surface area contributed by atoms with E-state index in [0.717, 1.165) is 17.7 Å². The average Bonchev–Trinajstić information content (AvgIpc) is 2.82. The molecular weight excluding hydrogens is 483 g/mol. The number of aliphatic hydroxyl groups is 1. The van der Waals surface area contributed by atoms with Crippen LogP contribution < -0.4 is 5.32 Å². The Bertz CT molecular complexity index is 944. The number of carbonyl (C=O) groups excluding carboxylic acids is 1. The minimum atomic E-state index is -4.44. The molecule has 0 aliphatic rings. The van der Waals surface area contributed by atoms with E-state index in [4.69, 9.17) is 16.3 Å². The van der Waals surface area contributed by atoms with Crippen LogP contribution in [0, 0.1) is 5.92 Å². The first-order valence-corrected chi connectivity index (χ1v) is 11.6. The van der Waals surface area contributed by atoms with Crippen LogP contribution in [0.2, 0.25) is 5.02 Å². The smallest absolute Gasteiger partial charge is 0.395 e. The van der Waals surface area contributed by atoms with E-state index in [-0.39, 0.29) is 36.9 Å². The summed E-state index contributed by atoms with van der Waals surface area (Å²) in [7, 11) is 3.16. The first-order valence-electron chi connectivity index (χ1n) is 11.3. The molecule has 0 aliphatic heterocycles. The molecule has 0 aromatic heterocycles. The zero-order valence-corrected chi connectivity index (χ0v) is 21.1. The van der Waals surface area contributed by atoms with Crippen molar-refractivity contribution in [2.75, 3.05) is 39.2 Å². The third-order valence-corrected chi connectivity index (χ3v) is 6.31. The van der Waals surface area contributed by atoms with Crippen LogP contribution in [0.15, 0.2) is 48.5 Å². The van der Waals surface area contributed by atoms with E-state index < -0.39 is 17.8 Å². The lowest BCUT2D eigenvalue weighted by molar-refractivity contribution is -0.137. The lowest BCUT2D eigenvalue weighted by atomic mass is 10.0. The third-order valence-electron chi connectivity index (χ3n) is 5.94. The second-order valence-electron chi connectivity index (χ2n) is 8.69. The van der Waals surface area contributed by atoms with Gasteiger partial charge in [-0.1, -0.05) is 36.7 Å². The van der Waals surface area contributed by atoms with E-state index >= 15 is 0 Å². The number of urea groups is 1. The number of anilines is 1. The molecule has 6 nitrogen and oxygen atoms in total. The summed E-state index contributed by atoms with van der Waals surface area (Å²) in [6.45, 7) is 5.29. The third kappa shape index (κ3) is 8.68. The molecule has 0 saturated carbocycles. The maximum Gasteiger partial charge on any atom is 0.416 e. The van der Waals surface area contributed by atoms with Gasteiger partial charge in [0, 0.05) is 50.5 Å². The summed E-state index contributed by atoms with van der Waals surface area (Å²) in [4.78, 5) is 16.1. The Morgan fingerprint density at radius 3 is 2.29 bits per heavy atom. The van der Waals surface area contributed by atoms with Gasteiger partial charge < -0.3 is 20.1 Å². The maximum absolute atomic E-state index is 12.7. The van der Waals surface area contributed by atoms with Gasteiger partial charge in [-0.15, -0.1) is 0 Å². The van der Waals surface area contributed by atoms with Gasteiger partial charge in [0.05, 0.1) is 18.3 Å². The van der Waals surface area contributed by atoms with Crippen LogP contribution in [0.4, 0.5) is 23.7 Å². The van der Waals surface area contributed by atoms with Crippen LogP contribution in [0.25, 0.3) is 0 Å². The van der Waals surface area contributed by atoms with Crippen molar-refractivity contribution in [3.8, 4) is 0 Å². The molecule has 0 aliphatic carbocycles. The number of nitrogens with zero attached hydrogens (tertiary/aromatic N) is 2. The first-order chi connectivity index (χ1) is 16.5. The van der Waals surface area contributed by atoms with E-state index in [1.54, 1.807) is 14.2 Å². The molecule has 0 bridgehead atoms. The van der Waals surface area contributed by atoms with Crippen molar-refractivity contribution in [2.45, 2.75) is 38.7 Å². The Labute approximate surface area is 209 Å². The molecule has 0 fully saturated rings. The van der Waals surface area contributed by atoms with Crippen LogP contribution in [0.3, 0.4) is 0 Å². The lowest BCUT2D eigenvalue weighted by Crippen LogP contribution is -2.45. The predicted octanol–water partition coefficient (Wildman–Crippen LogP) is 5.36. The highest BCUT2D eigenvalue weighted by molar-refractivity contribution is 6.31. The van der Waals surface area contributed by atoms with Crippen molar-refractivity contribution in [1.29, 1.82) is 0 Å². The highest BCUT2D eigenvalue weighted by Crippen LogP contribution is 2.30. The summed E-state index contributed by atoms with van der Waals surface area (Å²) in [6.07, 6.45) is -4.76. The number of rotatable bonds is 11. The number of hydrogen-bond acceptors (Lipinski definition) is 4. The molecule has 2 N–H and O–H groups in total. The van der Waals surface area contributed by atoms with Crippen molar-refractivity contribution in [2.24, 2.45) is 5.92 Å². The maximum atomic E-state index is 12.7. The summed E-state index contributed by atoms with van der Waals surface area (Å²) < 4.78 is 43.9. The first kappa shape index (κ1) is 28.9. The lowest BCUT2D eigenvalue weighted by Gasteiger charge is -2.34. The minimum absolute atomic E-state index is 0.0159. The summed E-state index contributed by atoms with van der Waals surface area (Å²) in [5.74, 6) is -0.0159. The monoisotopic (exact) mass is 515 g/mol. The van der Waals surface area contributed by atoms with E-state index in [1.807, 2.05) is 38.1 Å². The van der Waals surface area contributed by atoms with Crippen LogP contribution in [-0.4, -0.2) is 66.9 Å². The van der Waals surface area contributed by atoms with Crippen LogP contribution >= 0.6 is 11.6 Å². The quantitative estimate of drug-likeness (QED) is 0.423. The topological polar surface area (TPSA) is 65.0 Å². The number of alkyl halides is 3. The Morgan fingerprint density at radius 1 is 1.11 bits per heavy atom. The highest BCUT2D eigenvalue weighted by atomic mass is 35.5. The average molecular weight is 516 g/mol. The molecule has 0 saturated heterocycles. The number of hydrogen-bond donors (Lipinski definition) is 2. The minimum Gasteiger partial charge on any atom is -0.395 e. The molecule has 194 valence electrons. The van der Waals surface area contributed by atoms with Gasteiger partial charge in [-0.3, -0.25) is 4.90 Å². The molecule has 2 amide bonds. The number of halogens is 4. The normalized spacial score (nSPS) is 14.5. The molecule has 3 atom stereocenters. The Balaban J connectivity index is 2.00. The number of likely N-dealkylation sites (N-methyl/N-ethyl adjacent to an activating group) is 1. The van der Waals surface area contributed by atoms with Crippen LogP contribution in [0.1, 0.15) is 25.0 Å². The second-order valence-corrected chi connectivity index (χ2v) is 9.10. The van der Waals surface area contributed by atoms with Gasteiger partial charge in [0.1, 0.15) is 0 Å². The molecule has 2 aromatic rings. The Morgan fingerprint density at radius 2 is 1.74 bits per heavy atom. The standard InChI is InChI=1S/C25H33ClF3N3O3/c1-17(13-32(18(2)16-33)14-19-7-5-6-8-22(19)26)23(35-4)15-31(3)24(34)30-21-11-9-20(10-12-21)25(27,28)29/h5-12,17-18,23,33H,13-16H2,1-4H3,(H,30,34)/t17-,18+,23+/m0/s1. The van der Waals surface area contributed by atoms with Crippen molar-refractivity contribution < 1.29 is 27.8 Å². The fourth-order valence-corrected chi connectivity index (χ4v) is 3.85. The summed E-state index contributed by atoms with van der Waals surface area (Å²) in [5.41, 5.74) is 0.429. The van der Waals surface area contributed by atoms with Gasteiger partial charge in [0.25, 0.3) is 0 Å². The predicted molar refractivity (Wildman–Crippen MR) is 131 cm³/mol. The van der Waals surface area contributed by atoms with Gasteiger partial charge in [-0.2, -0.15) is 13.2 Å². The zero-order chi connectivity index (χ0) is 26.2. The molecule has 2 aromatic carbocycles. The fourth-order valence-electron chi connectivity index (χ4n) is 3.65. The number of benzene rings is 2. The second kappa shape index (κ2) is 13.1. The molecule has 0 radical (unpaired) electrons. The Kier molecular flexibility index (Phi) is 10.8. The molecule has 0 spiro atoms. The largest absolute Gasteiger partial charge is 0.416 e. The summed E-state index contributed by atoms with van der Waals surface area (Å²) in [6, 6.07) is 11.2. The SMILES string of the molecule is CO[C@H](CN(C)C(=O)Nc1ccc(C(F)(F)F)cc1)[C@@H](C)CN(Cc1ccccc1Cl)[C@H](C)CO. The molecule has 0 unspecified atom stereocenters. The van der Waals surface area contributed by atoms with Gasteiger partial charge in [-0.25, -0.2) is 4.79 Å². The van der Waals surface area contributed by atoms with Crippen molar-refractivity contribution in [3.63, 3.8) is 0 Å². The molecule has 10 heteroatoms. The van der Waals surface area contributed by atoms with E-state index in [0.29, 0.717) is 18.1 Å². The number of nitrogens with one attached hydrogen (secondary N) is 1. The molecular formula is C25H33ClF3N3O3. The van der Waals surface area contributed by atoms with Crippen LogP contribution in [-0.2, 0) is 17.5 Å². The molecule has 35 heavy (non-hydrogen) atoms.